The Bertz CT molecular complexity index is 347. The van der Waals surface area contributed by atoms with E-state index in [2.05, 4.69) is 10.3 Å². The first-order chi connectivity index (χ1) is 7.25. The van der Waals surface area contributed by atoms with Gasteiger partial charge in [-0.15, -0.1) is 0 Å². The zero-order chi connectivity index (χ0) is 10.7. The average molecular weight is 228 g/mol. The third-order valence-electron chi connectivity index (χ3n) is 2.28. The monoisotopic (exact) mass is 228 g/mol. The molecule has 0 aliphatic carbocycles. The number of nitrogens with zero attached hydrogens (tertiary/aromatic N) is 1. The number of carboxylic acid groups (broad SMARTS) is 1. The molecule has 0 radical (unpaired) electrons. The first kappa shape index (κ1) is 10.4. The molecular weight excluding hydrogens is 216 g/mol. The van der Waals surface area contributed by atoms with Gasteiger partial charge in [-0.05, 0) is 6.42 Å². The highest BCUT2D eigenvalue weighted by molar-refractivity contribution is 7.17. The summed E-state index contributed by atoms with van der Waals surface area (Å²) < 4.78 is 5.24. The van der Waals surface area contributed by atoms with Crippen molar-refractivity contribution in [1.29, 1.82) is 0 Å². The molecule has 82 valence electrons. The molecule has 0 spiro atoms. The lowest BCUT2D eigenvalue weighted by molar-refractivity contribution is 0.0702. The molecule has 5 nitrogen and oxygen atoms in total. The summed E-state index contributed by atoms with van der Waals surface area (Å²) in [5.74, 6) is -0.410. The molecule has 2 rings (SSSR count). The van der Waals surface area contributed by atoms with Gasteiger partial charge in [-0.1, -0.05) is 11.3 Å². The Labute approximate surface area is 91.1 Å². The van der Waals surface area contributed by atoms with Crippen LogP contribution in [0.25, 0.3) is 0 Å². The smallest absolute Gasteiger partial charge is 0.347 e. The second-order valence-corrected chi connectivity index (χ2v) is 4.48. The number of thiazole rings is 1. The van der Waals surface area contributed by atoms with Crippen LogP contribution in [0.4, 0.5) is 5.13 Å². The molecule has 6 heteroatoms. The molecule has 2 N–H and O–H groups in total. The van der Waals surface area contributed by atoms with E-state index in [9.17, 15) is 4.79 Å². The summed E-state index contributed by atoms with van der Waals surface area (Å²) in [4.78, 5) is 14.8. The summed E-state index contributed by atoms with van der Waals surface area (Å²) in [5, 5.41) is 12.5. The molecule has 0 bridgehead atoms. The average Bonchev–Trinajstić information content (AvgIpc) is 2.86. The van der Waals surface area contributed by atoms with Crippen molar-refractivity contribution < 1.29 is 14.6 Å². The molecular formula is C9H12N2O3S. The van der Waals surface area contributed by atoms with Crippen LogP contribution in [0, 0.1) is 5.92 Å². The number of ether oxygens (including phenoxy) is 1. The number of aromatic carboxylic acids is 1. The van der Waals surface area contributed by atoms with Crippen LogP contribution in [0.1, 0.15) is 16.1 Å². The minimum Gasteiger partial charge on any atom is -0.477 e. The van der Waals surface area contributed by atoms with Gasteiger partial charge in [0.15, 0.2) is 5.13 Å². The fourth-order valence-corrected chi connectivity index (χ4v) is 2.09. The number of hydrogen-bond acceptors (Lipinski definition) is 5. The number of nitrogens with one attached hydrogen (secondary N) is 1. The minimum absolute atomic E-state index is 0.264. The van der Waals surface area contributed by atoms with Crippen LogP contribution in [-0.4, -0.2) is 35.8 Å². The van der Waals surface area contributed by atoms with Gasteiger partial charge >= 0.3 is 5.97 Å². The van der Waals surface area contributed by atoms with Crippen LogP contribution < -0.4 is 5.32 Å². The molecule has 1 atom stereocenters. The number of carbonyl (C=O) groups is 1. The van der Waals surface area contributed by atoms with Gasteiger partial charge in [-0.3, -0.25) is 0 Å². The van der Waals surface area contributed by atoms with Gasteiger partial charge in [0.25, 0.3) is 0 Å². The predicted molar refractivity (Wildman–Crippen MR) is 56.5 cm³/mol. The molecule has 1 aromatic rings. The van der Waals surface area contributed by atoms with Crippen molar-refractivity contribution in [2.24, 2.45) is 5.92 Å². The molecule has 1 fully saturated rings. The van der Waals surface area contributed by atoms with E-state index in [0.29, 0.717) is 11.0 Å². The molecule has 1 unspecified atom stereocenters. The SMILES string of the molecule is O=C(O)c1cnc(NCC2CCOC2)s1. The lowest BCUT2D eigenvalue weighted by atomic mass is 10.1. The Morgan fingerprint density at radius 2 is 2.67 bits per heavy atom. The minimum atomic E-state index is -0.926. The summed E-state index contributed by atoms with van der Waals surface area (Å²) in [7, 11) is 0. The molecule has 1 aromatic heterocycles. The fraction of sp³-hybridized carbons (Fsp3) is 0.556. The van der Waals surface area contributed by atoms with E-state index in [1.807, 2.05) is 0 Å². The van der Waals surface area contributed by atoms with Crippen LogP contribution in [0.5, 0.6) is 0 Å². The van der Waals surface area contributed by atoms with Gasteiger partial charge in [0.1, 0.15) is 4.88 Å². The third kappa shape index (κ3) is 2.66. The summed E-state index contributed by atoms with van der Waals surface area (Å²) in [6, 6.07) is 0. The lowest BCUT2D eigenvalue weighted by Crippen LogP contribution is -2.13. The summed E-state index contributed by atoms with van der Waals surface area (Å²) in [5.41, 5.74) is 0. The van der Waals surface area contributed by atoms with Crippen molar-refractivity contribution in [3.8, 4) is 0 Å². The van der Waals surface area contributed by atoms with Crippen molar-refractivity contribution >= 4 is 22.4 Å². The predicted octanol–water partition coefficient (Wildman–Crippen LogP) is 1.29. The molecule has 0 saturated carbocycles. The summed E-state index contributed by atoms with van der Waals surface area (Å²) in [6.07, 6.45) is 2.44. The zero-order valence-electron chi connectivity index (χ0n) is 8.10. The Hall–Kier alpha value is -1.14. The first-order valence-electron chi connectivity index (χ1n) is 4.76. The van der Waals surface area contributed by atoms with Crippen molar-refractivity contribution in [2.45, 2.75) is 6.42 Å². The van der Waals surface area contributed by atoms with Crippen LogP contribution in [-0.2, 0) is 4.74 Å². The van der Waals surface area contributed by atoms with Crippen molar-refractivity contribution in [2.75, 3.05) is 25.1 Å². The molecule has 2 heterocycles. The van der Waals surface area contributed by atoms with E-state index in [0.717, 1.165) is 37.5 Å². The van der Waals surface area contributed by atoms with Crippen LogP contribution in [0.15, 0.2) is 6.20 Å². The second-order valence-electron chi connectivity index (χ2n) is 3.45. The summed E-state index contributed by atoms with van der Waals surface area (Å²) in [6.45, 7) is 2.40. The molecule has 0 aromatic carbocycles. The van der Waals surface area contributed by atoms with Crippen molar-refractivity contribution in [3.63, 3.8) is 0 Å². The van der Waals surface area contributed by atoms with Crippen LogP contribution in [0.2, 0.25) is 0 Å². The van der Waals surface area contributed by atoms with Gasteiger partial charge in [-0.25, -0.2) is 9.78 Å². The fourth-order valence-electron chi connectivity index (χ4n) is 1.43. The van der Waals surface area contributed by atoms with Crippen LogP contribution in [0.3, 0.4) is 0 Å². The topological polar surface area (TPSA) is 71.5 Å². The van der Waals surface area contributed by atoms with E-state index < -0.39 is 5.97 Å². The maximum Gasteiger partial charge on any atom is 0.347 e. The highest BCUT2D eigenvalue weighted by Crippen LogP contribution is 2.19. The van der Waals surface area contributed by atoms with E-state index in [1.165, 1.54) is 6.20 Å². The highest BCUT2D eigenvalue weighted by atomic mass is 32.1. The standard InChI is InChI=1S/C9H12N2O3S/c12-8(13)7-4-11-9(15-7)10-3-6-1-2-14-5-6/h4,6H,1-3,5H2,(H,10,11)(H,12,13). The van der Waals surface area contributed by atoms with Crippen molar-refractivity contribution in [3.05, 3.63) is 11.1 Å². The number of hydrogen-bond donors (Lipinski definition) is 2. The quantitative estimate of drug-likeness (QED) is 0.812. The Morgan fingerprint density at radius 1 is 1.80 bits per heavy atom. The van der Waals surface area contributed by atoms with Crippen LogP contribution >= 0.6 is 11.3 Å². The van der Waals surface area contributed by atoms with Crippen molar-refractivity contribution in [1.82, 2.24) is 4.98 Å². The number of carboxylic acids is 1. The highest BCUT2D eigenvalue weighted by Gasteiger charge is 2.16. The Kier molecular flexibility index (Phi) is 3.17. The Morgan fingerprint density at radius 3 is 3.27 bits per heavy atom. The van der Waals surface area contributed by atoms with E-state index in [4.69, 9.17) is 9.84 Å². The zero-order valence-corrected chi connectivity index (χ0v) is 8.92. The first-order valence-corrected chi connectivity index (χ1v) is 5.58. The van der Waals surface area contributed by atoms with E-state index in [1.54, 1.807) is 0 Å². The number of aromatic nitrogens is 1. The summed E-state index contributed by atoms with van der Waals surface area (Å²) >= 11 is 1.16. The molecule has 0 amide bonds. The maximum absolute atomic E-state index is 10.6. The maximum atomic E-state index is 10.6. The van der Waals surface area contributed by atoms with Gasteiger partial charge in [-0.2, -0.15) is 0 Å². The number of anilines is 1. The molecule has 15 heavy (non-hydrogen) atoms. The van der Waals surface area contributed by atoms with Gasteiger partial charge in [0.05, 0.1) is 12.8 Å². The largest absolute Gasteiger partial charge is 0.477 e. The molecule has 1 aliphatic rings. The Balaban J connectivity index is 1.84. The molecule has 1 saturated heterocycles. The van der Waals surface area contributed by atoms with Gasteiger partial charge in [0, 0.05) is 19.1 Å². The number of rotatable bonds is 4. The van der Waals surface area contributed by atoms with E-state index in [-0.39, 0.29) is 4.88 Å². The normalized spacial score (nSPS) is 20.4. The lowest BCUT2D eigenvalue weighted by Gasteiger charge is -2.07. The van der Waals surface area contributed by atoms with Gasteiger partial charge < -0.3 is 15.2 Å². The second kappa shape index (κ2) is 4.59. The molecule has 1 aliphatic heterocycles. The van der Waals surface area contributed by atoms with E-state index >= 15 is 0 Å². The third-order valence-corrected chi connectivity index (χ3v) is 3.23. The van der Waals surface area contributed by atoms with Gasteiger partial charge in [0.2, 0.25) is 0 Å².